The Balaban J connectivity index is 1.44. The number of pyridine rings is 1. The van der Waals surface area contributed by atoms with E-state index >= 15 is 0 Å². The van der Waals surface area contributed by atoms with Crippen molar-refractivity contribution in [2.45, 2.75) is 26.3 Å². The maximum Gasteiger partial charge on any atom is 0.263 e. The van der Waals surface area contributed by atoms with Crippen molar-refractivity contribution >= 4 is 22.4 Å². The van der Waals surface area contributed by atoms with Gasteiger partial charge in [-0.3, -0.25) is 4.98 Å². The smallest absolute Gasteiger partial charge is 0.263 e. The Hall–Kier alpha value is -2.87. The lowest BCUT2D eigenvalue weighted by Crippen LogP contribution is -2.66. The zero-order valence-electron chi connectivity index (χ0n) is 16.9. The van der Waals surface area contributed by atoms with Crippen LogP contribution in [0.1, 0.15) is 36.2 Å². The monoisotopic (exact) mass is 411 g/mol. The average molecular weight is 411 g/mol. The molecule has 156 valence electrons. The number of nitrogens with zero attached hydrogens (tertiary/aromatic N) is 4. The third-order valence-electron chi connectivity index (χ3n) is 6.02. The summed E-state index contributed by atoms with van der Waals surface area (Å²) in [7, 11) is 0. The highest BCUT2D eigenvalue weighted by Gasteiger charge is 2.49. The van der Waals surface area contributed by atoms with E-state index in [-0.39, 0.29) is 11.6 Å². The number of aryl methyl sites for hydroxylation is 1. The maximum absolute atomic E-state index is 13.1. The molecular formula is C22H23F2N5O. The van der Waals surface area contributed by atoms with E-state index in [9.17, 15) is 8.78 Å². The summed E-state index contributed by atoms with van der Waals surface area (Å²) in [5.41, 5.74) is 3.67. The van der Waals surface area contributed by atoms with Gasteiger partial charge in [0.05, 0.1) is 47.8 Å². The minimum atomic E-state index is -2.50. The van der Waals surface area contributed by atoms with E-state index in [2.05, 4.69) is 31.5 Å². The summed E-state index contributed by atoms with van der Waals surface area (Å²) in [5.74, 6) is 0.599. The van der Waals surface area contributed by atoms with E-state index in [0.29, 0.717) is 11.2 Å². The van der Waals surface area contributed by atoms with Crippen LogP contribution in [0.3, 0.4) is 0 Å². The maximum atomic E-state index is 13.1. The van der Waals surface area contributed by atoms with E-state index in [4.69, 9.17) is 4.74 Å². The van der Waals surface area contributed by atoms with Crippen LogP contribution < -0.4 is 10.2 Å². The van der Waals surface area contributed by atoms with Crippen LogP contribution in [-0.4, -0.2) is 41.5 Å². The summed E-state index contributed by atoms with van der Waals surface area (Å²) in [6, 6.07) is 8.31. The Morgan fingerprint density at radius 2 is 1.90 bits per heavy atom. The molecule has 0 aliphatic carbocycles. The lowest BCUT2D eigenvalue weighted by molar-refractivity contribution is -0.127. The van der Waals surface area contributed by atoms with Gasteiger partial charge in [-0.2, -0.15) is 5.10 Å². The molecular weight excluding hydrogens is 388 g/mol. The number of halogens is 2. The predicted octanol–water partition coefficient (Wildman–Crippen LogP) is 4.28. The number of hydrogen-bond acceptors (Lipinski definition) is 6. The van der Waals surface area contributed by atoms with Gasteiger partial charge in [0.25, 0.3) is 6.43 Å². The molecule has 1 aromatic carbocycles. The van der Waals surface area contributed by atoms with Crippen molar-refractivity contribution in [3.05, 3.63) is 53.3 Å². The van der Waals surface area contributed by atoms with Crippen molar-refractivity contribution in [3.8, 4) is 0 Å². The van der Waals surface area contributed by atoms with Gasteiger partial charge in [0.15, 0.2) is 5.82 Å². The van der Waals surface area contributed by atoms with Crippen LogP contribution in [0.15, 0.2) is 36.5 Å². The SMILES string of the molecule is Cc1nnc(NC(C)c2cccc(C(F)F)c2)c2cc(N3CC4(COC4)C3)cnc12. The molecule has 1 spiro atoms. The molecule has 0 saturated carbocycles. The van der Waals surface area contributed by atoms with Crippen LogP contribution >= 0.6 is 0 Å². The molecule has 5 rings (SSSR count). The van der Waals surface area contributed by atoms with E-state index in [0.717, 1.165) is 54.2 Å². The van der Waals surface area contributed by atoms with E-state index in [1.165, 1.54) is 12.1 Å². The molecule has 1 atom stereocenters. The molecule has 30 heavy (non-hydrogen) atoms. The summed E-state index contributed by atoms with van der Waals surface area (Å²) < 4.78 is 31.5. The van der Waals surface area contributed by atoms with Crippen LogP contribution in [0.4, 0.5) is 20.3 Å². The number of anilines is 2. The Labute approximate surface area is 173 Å². The van der Waals surface area contributed by atoms with Crippen molar-refractivity contribution in [1.29, 1.82) is 0 Å². The Kier molecular flexibility index (Phi) is 4.54. The normalized spacial score (nSPS) is 18.4. The van der Waals surface area contributed by atoms with Gasteiger partial charge in [-0.1, -0.05) is 18.2 Å². The number of benzene rings is 1. The predicted molar refractivity (Wildman–Crippen MR) is 111 cm³/mol. The van der Waals surface area contributed by atoms with Crippen LogP contribution in [0.25, 0.3) is 10.9 Å². The number of fused-ring (bicyclic) bond motifs is 1. The topological polar surface area (TPSA) is 63.2 Å². The third kappa shape index (κ3) is 3.25. The average Bonchev–Trinajstić information content (AvgIpc) is 2.68. The van der Waals surface area contributed by atoms with E-state index in [1.54, 1.807) is 6.07 Å². The zero-order valence-corrected chi connectivity index (χ0v) is 16.9. The van der Waals surface area contributed by atoms with Crippen LogP contribution in [-0.2, 0) is 4.74 Å². The van der Waals surface area contributed by atoms with Crippen molar-refractivity contribution < 1.29 is 13.5 Å². The van der Waals surface area contributed by atoms with Gasteiger partial charge in [0.2, 0.25) is 0 Å². The first-order chi connectivity index (χ1) is 14.4. The van der Waals surface area contributed by atoms with Gasteiger partial charge in [0.1, 0.15) is 0 Å². The first-order valence-electron chi connectivity index (χ1n) is 10.0. The molecule has 2 aliphatic heterocycles. The second-order valence-corrected chi connectivity index (χ2v) is 8.41. The number of hydrogen-bond donors (Lipinski definition) is 1. The summed E-state index contributed by atoms with van der Waals surface area (Å²) in [6.07, 6.45) is -0.618. The second-order valence-electron chi connectivity index (χ2n) is 8.41. The molecule has 2 aromatic heterocycles. The van der Waals surface area contributed by atoms with Crippen LogP contribution in [0.5, 0.6) is 0 Å². The molecule has 8 heteroatoms. The molecule has 2 saturated heterocycles. The van der Waals surface area contributed by atoms with E-state index in [1.807, 2.05) is 26.1 Å². The fraction of sp³-hybridized carbons (Fsp3) is 0.409. The fourth-order valence-corrected chi connectivity index (χ4v) is 4.20. The lowest BCUT2D eigenvalue weighted by Gasteiger charge is -2.55. The molecule has 1 unspecified atom stereocenters. The van der Waals surface area contributed by atoms with Gasteiger partial charge in [-0.15, -0.1) is 5.10 Å². The number of nitrogens with one attached hydrogen (secondary N) is 1. The quantitative estimate of drug-likeness (QED) is 0.676. The van der Waals surface area contributed by atoms with Crippen molar-refractivity contribution in [3.63, 3.8) is 0 Å². The molecule has 1 N–H and O–H groups in total. The molecule has 0 radical (unpaired) electrons. The first-order valence-corrected chi connectivity index (χ1v) is 10.0. The standard InChI is InChI=1S/C22H23F2N5O/c1-13(15-4-3-5-16(6-15)20(23)24)26-21-18-7-17(8-25-19(18)14(2)27-28-21)29-9-22(10-29)11-30-12-22/h3-8,13,20H,9-12H2,1-2H3,(H,26,28). The highest BCUT2D eigenvalue weighted by atomic mass is 19.3. The molecule has 0 bridgehead atoms. The summed E-state index contributed by atoms with van der Waals surface area (Å²) in [5, 5.41) is 12.8. The van der Waals surface area contributed by atoms with Crippen molar-refractivity contribution in [2.24, 2.45) is 5.41 Å². The van der Waals surface area contributed by atoms with Gasteiger partial charge in [-0.05, 0) is 31.5 Å². The first kappa shape index (κ1) is 19.1. The highest BCUT2D eigenvalue weighted by Crippen LogP contribution is 2.41. The lowest BCUT2D eigenvalue weighted by atomic mass is 9.78. The molecule has 3 aromatic rings. The van der Waals surface area contributed by atoms with Gasteiger partial charge < -0.3 is 15.0 Å². The Morgan fingerprint density at radius 1 is 1.13 bits per heavy atom. The van der Waals surface area contributed by atoms with Crippen molar-refractivity contribution in [2.75, 3.05) is 36.5 Å². The Bertz CT molecular complexity index is 1090. The minimum absolute atomic E-state index is 0.0108. The second kappa shape index (κ2) is 7.12. The summed E-state index contributed by atoms with van der Waals surface area (Å²) in [6.45, 7) is 7.40. The van der Waals surface area contributed by atoms with Gasteiger partial charge >= 0.3 is 0 Å². The number of ether oxygens (including phenoxy) is 1. The Morgan fingerprint density at radius 3 is 2.60 bits per heavy atom. The number of aromatic nitrogens is 3. The number of rotatable bonds is 5. The van der Waals surface area contributed by atoms with Crippen LogP contribution in [0.2, 0.25) is 0 Å². The molecule has 0 amide bonds. The minimum Gasteiger partial charge on any atom is -0.380 e. The van der Waals surface area contributed by atoms with Gasteiger partial charge in [-0.25, -0.2) is 8.78 Å². The fourth-order valence-electron chi connectivity index (χ4n) is 4.20. The zero-order chi connectivity index (χ0) is 20.9. The van der Waals surface area contributed by atoms with E-state index < -0.39 is 6.43 Å². The third-order valence-corrected chi connectivity index (χ3v) is 6.02. The van der Waals surface area contributed by atoms with Crippen LogP contribution in [0, 0.1) is 12.3 Å². The summed E-state index contributed by atoms with van der Waals surface area (Å²) >= 11 is 0. The molecule has 6 nitrogen and oxygen atoms in total. The number of alkyl halides is 2. The molecule has 2 fully saturated rings. The highest BCUT2D eigenvalue weighted by molar-refractivity contribution is 5.92. The largest absolute Gasteiger partial charge is 0.380 e. The molecule has 2 aliphatic rings. The molecule has 4 heterocycles. The van der Waals surface area contributed by atoms with Gasteiger partial charge in [0, 0.05) is 24.0 Å². The summed E-state index contributed by atoms with van der Waals surface area (Å²) in [4.78, 5) is 6.93. The van der Waals surface area contributed by atoms with Crippen molar-refractivity contribution in [1.82, 2.24) is 15.2 Å².